The van der Waals surface area contributed by atoms with E-state index in [9.17, 15) is 5.11 Å². The van der Waals surface area contributed by atoms with E-state index in [1.807, 2.05) is 53.1 Å². The first-order valence-electron chi connectivity index (χ1n) is 16.9. The second-order valence-corrected chi connectivity index (χ2v) is 15.1. The molecule has 0 unspecified atom stereocenters. The standard InChI is InChI=1S/C44H39N4O.Pt/c1-42(2,3)29-20-22-32-33-23-21-30(43(4,5)6)27-36(33)44(35(32)26-29,39-18-12-16-37(45-39)34-15-7-8-17-38(34)49)31-14-11-13-28(25-31)41-47-46-40-19-9-10-24-48(40)41;/h7-24,26-27,49H,1-6H3;/q-1;. The van der Waals surface area contributed by atoms with E-state index in [2.05, 4.69) is 125 Å². The van der Waals surface area contributed by atoms with E-state index in [4.69, 9.17) is 4.98 Å². The van der Waals surface area contributed by atoms with E-state index >= 15 is 0 Å². The van der Waals surface area contributed by atoms with Gasteiger partial charge >= 0.3 is 0 Å². The Morgan fingerprint density at radius 3 is 1.94 bits per heavy atom. The smallest absolute Gasteiger partial charge is 0.151 e. The Bertz CT molecular complexity index is 2330. The maximum Gasteiger partial charge on any atom is 0.151 e. The molecule has 50 heavy (non-hydrogen) atoms. The minimum Gasteiger partial charge on any atom is -0.507 e. The van der Waals surface area contributed by atoms with Crippen LogP contribution in [-0.4, -0.2) is 24.7 Å². The van der Waals surface area contributed by atoms with Crippen LogP contribution in [0.5, 0.6) is 5.75 Å². The van der Waals surface area contributed by atoms with Crippen LogP contribution in [0.1, 0.15) is 75.1 Å². The maximum absolute atomic E-state index is 10.9. The molecule has 1 aliphatic carbocycles. The number of aromatic nitrogens is 4. The predicted octanol–water partition coefficient (Wildman–Crippen LogP) is 9.92. The summed E-state index contributed by atoms with van der Waals surface area (Å²) in [5, 5.41) is 20.0. The van der Waals surface area contributed by atoms with Crippen molar-refractivity contribution in [2.24, 2.45) is 0 Å². The van der Waals surface area contributed by atoms with Crippen LogP contribution in [0, 0.1) is 6.07 Å². The molecule has 7 aromatic rings. The molecule has 0 fully saturated rings. The van der Waals surface area contributed by atoms with Gasteiger partial charge in [-0.2, -0.15) is 5.10 Å². The van der Waals surface area contributed by atoms with Crippen LogP contribution >= 0.6 is 0 Å². The second-order valence-electron chi connectivity index (χ2n) is 15.1. The van der Waals surface area contributed by atoms with Crippen LogP contribution in [0.4, 0.5) is 0 Å². The average molecular weight is 835 g/mol. The van der Waals surface area contributed by atoms with Gasteiger partial charge < -0.3 is 9.51 Å². The summed E-state index contributed by atoms with van der Waals surface area (Å²) in [6.45, 7) is 13.6. The van der Waals surface area contributed by atoms with Gasteiger partial charge in [0.25, 0.3) is 0 Å². The fourth-order valence-electron chi connectivity index (χ4n) is 7.29. The first-order valence-corrected chi connectivity index (χ1v) is 16.9. The minimum absolute atomic E-state index is 0. The number of hydrogen-bond donors (Lipinski definition) is 1. The molecule has 3 aromatic heterocycles. The third kappa shape index (κ3) is 5.31. The number of para-hydroxylation sites is 1. The molecule has 6 heteroatoms. The molecule has 0 saturated carbocycles. The first-order chi connectivity index (χ1) is 23.5. The summed E-state index contributed by atoms with van der Waals surface area (Å²) in [5.74, 6) is 0.930. The summed E-state index contributed by atoms with van der Waals surface area (Å²) in [7, 11) is 0. The Hall–Kier alpha value is -4.86. The van der Waals surface area contributed by atoms with Gasteiger partial charge in [0.05, 0.1) is 22.6 Å². The van der Waals surface area contributed by atoms with Crippen molar-refractivity contribution in [1.29, 1.82) is 0 Å². The van der Waals surface area contributed by atoms with E-state index in [1.165, 1.54) is 33.4 Å². The molecular weight excluding hydrogens is 796 g/mol. The van der Waals surface area contributed by atoms with Gasteiger partial charge in [-0.15, -0.1) is 40.5 Å². The molecule has 0 bridgehead atoms. The van der Waals surface area contributed by atoms with Gasteiger partial charge in [-0.25, -0.2) is 0 Å². The molecule has 0 saturated heterocycles. The van der Waals surface area contributed by atoms with Crippen molar-refractivity contribution >= 4 is 5.65 Å². The van der Waals surface area contributed by atoms with Gasteiger partial charge in [0.2, 0.25) is 0 Å². The van der Waals surface area contributed by atoms with Gasteiger partial charge in [-0.3, -0.25) is 4.98 Å². The number of rotatable bonds is 4. The summed E-state index contributed by atoms with van der Waals surface area (Å²) >= 11 is 0. The van der Waals surface area contributed by atoms with Gasteiger partial charge in [0, 0.05) is 32.8 Å². The Kier molecular flexibility index (Phi) is 8.19. The summed E-state index contributed by atoms with van der Waals surface area (Å²) < 4.78 is 2.01. The fraction of sp³-hybridized carbons (Fsp3) is 0.205. The van der Waals surface area contributed by atoms with Gasteiger partial charge in [-0.05, 0) is 80.6 Å². The number of benzene rings is 4. The molecule has 3 heterocycles. The molecule has 8 rings (SSSR count). The summed E-state index contributed by atoms with van der Waals surface area (Å²) in [6.07, 6.45) is 1.99. The summed E-state index contributed by atoms with van der Waals surface area (Å²) in [4.78, 5) is 5.45. The van der Waals surface area contributed by atoms with Crippen molar-refractivity contribution in [2.45, 2.75) is 57.8 Å². The Morgan fingerprint density at radius 2 is 1.28 bits per heavy atom. The molecule has 0 spiro atoms. The van der Waals surface area contributed by atoms with E-state index in [0.717, 1.165) is 28.3 Å². The van der Waals surface area contributed by atoms with Crippen LogP contribution in [0.3, 0.4) is 0 Å². The Labute approximate surface area is 308 Å². The SMILES string of the molecule is CC(C)(C)c1ccc2c(c1)C(c1[c-]c(-c3nnc4ccccn34)ccc1)(c1cccc(-c3ccccc3O)n1)c1cc(C(C)(C)C)ccc1-2.[Pt]. The first kappa shape index (κ1) is 33.6. The zero-order valence-electron chi connectivity index (χ0n) is 29.1. The zero-order valence-corrected chi connectivity index (χ0v) is 31.4. The molecular formula is C44H39N4OPt-. The molecule has 0 radical (unpaired) electrons. The Morgan fingerprint density at radius 1 is 0.640 bits per heavy atom. The third-order valence-corrected chi connectivity index (χ3v) is 9.94. The second kappa shape index (κ2) is 12.2. The topological polar surface area (TPSA) is 63.3 Å². The molecule has 0 atom stereocenters. The largest absolute Gasteiger partial charge is 0.507 e. The zero-order chi connectivity index (χ0) is 34.1. The normalized spacial score (nSPS) is 13.5. The number of phenols is 1. The van der Waals surface area contributed by atoms with Gasteiger partial charge in [-0.1, -0.05) is 102 Å². The summed E-state index contributed by atoms with van der Waals surface area (Å²) in [5.41, 5.74) is 11.1. The van der Waals surface area contributed by atoms with Crippen LogP contribution in [0.2, 0.25) is 0 Å². The van der Waals surface area contributed by atoms with Gasteiger partial charge in [0.1, 0.15) is 5.75 Å². The van der Waals surface area contributed by atoms with E-state index in [1.54, 1.807) is 6.07 Å². The van der Waals surface area contributed by atoms with Crippen LogP contribution in [-0.2, 0) is 37.3 Å². The number of phenolic OH excluding ortho intramolecular Hbond substituents is 1. The van der Waals surface area contributed by atoms with E-state index in [0.29, 0.717) is 11.3 Å². The van der Waals surface area contributed by atoms with Crippen molar-refractivity contribution in [1.82, 2.24) is 19.6 Å². The van der Waals surface area contributed by atoms with Crippen LogP contribution in [0.25, 0.3) is 39.4 Å². The molecule has 1 N–H and O–H groups in total. The third-order valence-electron chi connectivity index (χ3n) is 9.94. The predicted molar refractivity (Wildman–Crippen MR) is 197 cm³/mol. The quantitative estimate of drug-likeness (QED) is 0.180. The number of nitrogens with zero attached hydrogens (tertiary/aromatic N) is 4. The van der Waals surface area contributed by atoms with E-state index < -0.39 is 5.41 Å². The molecule has 4 aromatic carbocycles. The molecule has 0 aliphatic heterocycles. The molecule has 252 valence electrons. The fourth-order valence-corrected chi connectivity index (χ4v) is 7.29. The average Bonchev–Trinajstić information content (AvgIpc) is 3.65. The monoisotopic (exact) mass is 834 g/mol. The van der Waals surface area contributed by atoms with Crippen molar-refractivity contribution in [3.8, 4) is 39.5 Å². The number of hydrogen-bond acceptors (Lipinski definition) is 4. The molecule has 1 aliphatic rings. The number of aromatic hydroxyl groups is 1. The van der Waals surface area contributed by atoms with Crippen molar-refractivity contribution < 1.29 is 26.2 Å². The minimum atomic E-state index is -0.829. The Balaban J connectivity index is 0.00000392. The van der Waals surface area contributed by atoms with Crippen LogP contribution in [0.15, 0.2) is 121 Å². The number of pyridine rings is 2. The molecule has 0 amide bonds. The van der Waals surface area contributed by atoms with Crippen molar-refractivity contribution in [2.75, 3.05) is 0 Å². The number of fused-ring (bicyclic) bond motifs is 4. The maximum atomic E-state index is 10.9. The van der Waals surface area contributed by atoms with Gasteiger partial charge in [0.15, 0.2) is 5.65 Å². The molecule has 5 nitrogen and oxygen atoms in total. The van der Waals surface area contributed by atoms with Crippen molar-refractivity contribution in [3.63, 3.8) is 0 Å². The van der Waals surface area contributed by atoms with E-state index in [-0.39, 0.29) is 37.6 Å². The van der Waals surface area contributed by atoms with Crippen LogP contribution < -0.4 is 0 Å². The van der Waals surface area contributed by atoms with Crippen molar-refractivity contribution in [3.05, 3.63) is 161 Å². The summed E-state index contributed by atoms with van der Waals surface area (Å²) in [6, 6.07) is 43.6.